The maximum Gasteiger partial charge on any atom is 1.00 e. The van der Waals surface area contributed by atoms with Crippen LogP contribution in [0, 0.1) is 0 Å². The van der Waals surface area contributed by atoms with Crippen LogP contribution in [0.1, 0.15) is 110 Å². The predicted octanol–water partition coefficient (Wildman–Crippen LogP) is -2.37. The van der Waals surface area contributed by atoms with Crippen molar-refractivity contribution in [3.8, 4) is 0 Å². The van der Waals surface area contributed by atoms with Gasteiger partial charge in [-0.25, -0.2) is 16.8 Å². The smallest absolute Gasteiger partial charge is 0.748 e. The molecule has 0 unspecified atom stereocenters. The molecule has 0 saturated carbocycles. The molecule has 0 spiro atoms. The van der Waals surface area contributed by atoms with Crippen molar-refractivity contribution >= 4 is 32.1 Å². The second kappa shape index (κ2) is 26.4. The monoisotopic (exact) mass is 614 g/mol. The number of amides is 2. The van der Waals surface area contributed by atoms with Crippen LogP contribution in [0.25, 0.3) is 0 Å². The maximum atomic E-state index is 12.7. The van der Waals surface area contributed by atoms with Crippen molar-refractivity contribution < 1.29 is 94.6 Å². The Kier molecular flexibility index (Phi) is 29.9. The summed E-state index contributed by atoms with van der Waals surface area (Å²) in [6, 6.07) is 0. The van der Waals surface area contributed by atoms with Crippen LogP contribution in [0.2, 0.25) is 0 Å². The van der Waals surface area contributed by atoms with Crippen molar-refractivity contribution in [2.45, 2.75) is 110 Å². The molecule has 0 rings (SSSR count). The Bertz CT molecular complexity index is 775. The molecule has 0 bridgehead atoms. The Morgan fingerprint density at radius 1 is 0.513 bits per heavy atom. The molecule has 0 saturated heterocycles. The minimum atomic E-state index is -4.45. The normalized spacial score (nSPS) is 11.4. The molecule has 0 aliphatic heterocycles. The van der Waals surface area contributed by atoms with Gasteiger partial charge in [0.15, 0.2) is 0 Å². The third kappa shape index (κ3) is 28.6. The Hall–Kier alpha value is 0.760. The maximum absolute atomic E-state index is 12.7. The average Bonchev–Trinajstić information content (AvgIpc) is 2.80. The zero-order chi connectivity index (χ0) is 28.2. The van der Waals surface area contributed by atoms with E-state index in [1.807, 2.05) is 0 Å². The number of carbonyl (C=O) groups is 2. The van der Waals surface area contributed by atoms with Crippen LogP contribution in [0.4, 0.5) is 0 Å². The number of hydrogen-bond donors (Lipinski definition) is 0. The van der Waals surface area contributed by atoms with Crippen molar-refractivity contribution in [3.05, 3.63) is 0 Å². The molecule has 0 atom stereocenters. The summed E-state index contributed by atoms with van der Waals surface area (Å²) in [6.45, 7) is 4.63. The first-order valence-electron chi connectivity index (χ1n) is 13.8. The summed E-state index contributed by atoms with van der Waals surface area (Å²) in [5.74, 6) is -1.92. The molecule has 0 fully saturated rings. The fraction of sp³-hybridized carbons (Fsp3) is 0.920. The van der Waals surface area contributed by atoms with Crippen LogP contribution in [-0.2, 0) is 29.8 Å². The van der Waals surface area contributed by atoms with Crippen LogP contribution >= 0.6 is 0 Å². The van der Waals surface area contributed by atoms with Gasteiger partial charge in [-0.1, -0.05) is 78.1 Å². The van der Waals surface area contributed by atoms with E-state index >= 15 is 0 Å². The van der Waals surface area contributed by atoms with Crippen molar-refractivity contribution in [3.63, 3.8) is 0 Å². The average molecular weight is 615 g/mol. The number of nitrogens with zero attached hydrogens (tertiary/aromatic N) is 2. The van der Waals surface area contributed by atoms with Gasteiger partial charge in [-0.15, -0.1) is 0 Å². The quantitative estimate of drug-likeness (QED) is 0.0664. The van der Waals surface area contributed by atoms with Gasteiger partial charge >= 0.3 is 59.1 Å². The number of rotatable bonds is 24. The predicted molar refractivity (Wildman–Crippen MR) is 143 cm³/mol. The van der Waals surface area contributed by atoms with Crippen LogP contribution in [-0.4, -0.2) is 85.2 Å². The first kappa shape index (κ1) is 44.2. The Morgan fingerprint density at radius 3 is 1.13 bits per heavy atom. The Balaban J connectivity index is -0.00000648. The second-order valence-corrected chi connectivity index (χ2v) is 12.7. The number of carbonyl (C=O) groups excluding carboxylic acids is 2. The summed E-state index contributed by atoms with van der Waals surface area (Å²) < 4.78 is 66.4. The SMILES string of the molecule is CCCCCCCCN(CCS(=O)(=O)[O-])C(=O)CCCC(=O)N(CCCCCCCC)CCS(=O)(=O)[O-].[Na+].[Na+]. The first-order chi connectivity index (χ1) is 17.4. The summed E-state index contributed by atoms with van der Waals surface area (Å²) >= 11 is 0. The molecule has 39 heavy (non-hydrogen) atoms. The Morgan fingerprint density at radius 2 is 0.821 bits per heavy atom. The molecule has 0 aliphatic carbocycles. The molecule has 10 nitrogen and oxygen atoms in total. The zero-order valence-corrected chi connectivity index (χ0v) is 30.5. The van der Waals surface area contributed by atoms with Crippen molar-refractivity contribution in [1.29, 1.82) is 0 Å². The third-order valence-corrected chi connectivity index (χ3v) is 7.64. The molecule has 220 valence electrons. The minimum absolute atomic E-state index is 0. The second-order valence-electron chi connectivity index (χ2n) is 9.67. The molecular weight excluding hydrogens is 566 g/mol. The molecule has 14 heteroatoms. The zero-order valence-electron chi connectivity index (χ0n) is 24.8. The van der Waals surface area contributed by atoms with Crippen LogP contribution in [0.3, 0.4) is 0 Å². The standard InChI is InChI=1S/C25H50N2O8S2.2Na/c1-3-5-7-9-11-13-18-26(20-22-36(30,31)32)24(28)16-15-17-25(29)27(21-23-37(33,34)35)19-14-12-10-8-6-4-2;;/h3-23H2,1-2H3,(H,30,31,32)(H,33,34,35);;/q;2*+1/p-2. The van der Waals surface area contributed by atoms with Gasteiger partial charge in [-0.05, 0) is 19.3 Å². The molecule has 0 heterocycles. The topological polar surface area (TPSA) is 155 Å². The van der Waals surface area contributed by atoms with E-state index in [1.54, 1.807) is 0 Å². The van der Waals surface area contributed by atoms with Gasteiger partial charge < -0.3 is 18.9 Å². The molecule has 0 aromatic heterocycles. The molecule has 0 aromatic carbocycles. The van der Waals surface area contributed by atoms with Gasteiger partial charge in [-0.2, -0.15) is 0 Å². The molecule has 0 radical (unpaired) electrons. The van der Waals surface area contributed by atoms with E-state index in [2.05, 4.69) is 13.8 Å². The van der Waals surface area contributed by atoms with Crippen molar-refractivity contribution in [1.82, 2.24) is 9.80 Å². The van der Waals surface area contributed by atoms with E-state index in [1.165, 1.54) is 9.80 Å². The molecule has 0 N–H and O–H groups in total. The summed E-state index contributed by atoms with van der Waals surface area (Å²) in [6.07, 6.45) is 12.3. The van der Waals surface area contributed by atoms with Gasteiger partial charge in [0.05, 0.1) is 31.7 Å². The van der Waals surface area contributed by atoms with E-state index in [4.69, 9.17) is 0 Å². The van der Waals surface area contributed by atoms with Gasteiger partial charge in [0, 0.05) is 39.0 Å². The molecule has 2 amide bonds. The number of hydrogen-bond acceptors (Lipinski definition) is 8. The van der Waals surface area contributed by atoms with E-state index < -0.39 is 31.7 Å². The fourth-order valence-electron chi connectivity index (χ4n) is 4.04. The van der Waals surface area contributed by atoms with E-state index in [-0.39, 0.29) is 103 Å². The van der Waals surface area contributed by atoms with Crippen LogP contribution in [0.15, 0.2) is 0 Å². The molecule has 0 aliphatic rings. The summed E-state index contributed by atoms with van der Waals surface area (Å²) in [5, 5.41) is 0. The van der Waals surface area contributed by atoms with E-state index in [0.29, 0.717) is 25.9 Å². The third-order valence-electron chi connectivity index (χ3n) is 6.27. The van der Waals surface area contributed by atoms with E-state index in [9.17, 15) is 35.5 Å². The van der Waals surface area contributed by atoms with Crippen LogP contribution in [0.5, 0.6) is 0 Å². The molecule has 0 aromatic rings. The summed E-state index contributed by atoms with van der Waals surface area (Å²) in [7, 11) is -8.91. The molecular formula is C25H48N2Na2O8S2. The van der Waals surface area contributed by atoms with Crippen molar-refractivity contribution in [2.75, 3.05) is 37.7 Å². The van der Waals surface area contributed by atoms with Crippen molar-refractivity contribution in [2.24, 2.45) is 0 Å². The number of unbranched alkanes of at least 4 members (excludes halogenated alkanes) is 10. The van der Waals surface area contributed by atoms with Gasteiger partial charge in [0.25, 0.3) is 0 Å². The Labute approximate surface area is 281 Å². The van der Waals surface area contributed by atoms with Crippen LogP contribution < -0.4 is 59.1 Å². The van der Waals surface area contributed by atoms with Gasteiger partial charge in [0.2, 0.25) is 11.8 Å². The first-order valence-corrected chi connectivity index (χ1v) is 17.0. The summed E-state index contributed by atoms with van der Waals surface area (Å²) in [5.41, 5.74) is 0. The van der Waals surface area contributed by atoms with E-state index in [0.717, 1.165) is 64.2 Å². The minimum Gasteiger partial charge on any atom is -0.748 e. The van der Waals surface area contributed by atoms with Gasteiger partial charge in [0.1, 0.15) is 0 Å². The summed E-state index contributed by atoms with van der Waals surface area (Å²) in [4.78, 5) is 28.2. The van der Waals surface area contributed by atoms with Gasteiger partial charge in [-0.3, -0.25) is 9.59 Å². The fourth-order valence-corrected chi connectivity index (χ4v) is 4.93. The largest absolute Gasteiger partial charge is 1.00 e.